The zero-order chi connectivity index (χ0) is 15.1. The largest absolute Gasteiger partial charge is 0.467 e. The lowest BCUT2D eigenvalue weighted by Crippen LogP contribution is -2.46. The van der Waals surface area contributed by atoms with Gasteiger partial charge in [-0.15, -0.1) is 0 Å². The van der Waals surface area contributed by atoms with E-state index in [2.05, 4.69) is 15.9 Å². The molecule has 1 aromatic heterocycles. The van der Waals surface area contributed by atoms with Crippen molar-refractivity contribution in [3.05, 3.63) is 24.2 Å². The maximum Gasteiger partial charge on any atom is 0.328 e. The molecule has 0 aliphatic heterocycles. The summed E-state index contributed by atoms with van der Waals surface area (Å²) in [5.41, 5.74) is 0. The molecule has 0 N–H and O–H groups in total. The molecule has 0 bridgehead atoms. The molecule has 0 saturated carbocycles. The van der Waals surface area contributed by atoms with Crippen molar-refractivity contribution in [3.63, 3.8) is 0 Å². The second-order valence-electron chi connectivity index (χ2n) is 4.90. The fourth-order valence-electron chi connectivity index (χ4n) is 1.95. The highest BCUT2D eigenvalue weighted by Crippen LogP contribution is 2.18. The number of furan rings is 1. The minimum atomic E-state index is -0.602. The fourth-order valence-corrected chi connectivity index (χ4v) is 2.27. The summed E-state index contributed by atoms with van der Waals surface area (Å²) in [4.78, 5) is 25.6. The Kier molecular flexibility index (Phi) is 6.78. The van der Waals surface area contributed by atoms with E-state index < -0.39 is 12.0 Å². The lowest BCUT2D eigenvalue weighted by atomic mass is 10.0. The van der Waals surface area contributed by atoms with Gasteiger partial charge in [-0.05, 0) is 24.5 Å². The summed E-state index contributed by atoms with van der Waals surface area (Å²) in [6.07, 6.45) is 2.09. The van der Waals surface area contributed by atoms with E-state index in [0.29, 0.717) is 12.2 Å². The molecule has 0 radical (unpaired) electrons. The molecule has 20 heavy (non-hydrogen) atoms. The van der Waals surface area contributed by atoms with Crippen molar-refractivity contribution in [2.24, 2.45) is 5.92 Å². The van der Waals surface area contributed by atoms with Crippen LogP contribution in [0.3, 0.4) is 0 Å². The Hall–Kier alpha value is -1.30. The molecule has 0 fully saturated rings. The Labute approximate surface area is 127 Å². The molecule has 1 rings (SSSR count). The van der Waals surface area contributed by atoms with Crippen LogP contribution in [0.5, 0.6) is 0 Å². The smallest absolute Gasteiger partial charge is 0.328 e. The van der Waals surface area contributed by atoms with Gasteiger partial charge in [0, 0.05) is 0 Å². The second kappa shape index (κ2) is 8.09. The van der Waals surface area contributed by atoms with E-state index in [4.69, 9.17) is 9.15 Å². The minimum absolute atomic E-state index is 0.152. The molecule has 5 nitrogen and oxygen atoms in total. The van der Waals surface area contributed by atoms with Gasteiger partial charge in [0.25, 0.3) is 0 Å². The summed E-state index contributed by atoms with van der Waals surface area (Å²) in [6.45, 7) is 4.25. The molecule has 1 amide bonds. The van der Waals surface area contributed by atoms with Crippen molar-refractivity contribution < 1.29 is 18.7 Å². The first-order valence-corrected chi connectivity index (χ1v) is 7.57. The van der Waals surface area contributed by atoms with E-state index in [-0.39, 0.29) is 23.7 Å². The van der Waals surface area contributed by atoms with Crippen LogP contribution in [0, 0.1) is 5.92 Å². The van der Waals surface area contributed by atoms with Gasteiger partial charge in [-0.25, -0.2) is 4.79 Å². The van der Waals surface area contributed by atoms with Crippen LogP contribution in [0.2, 0.25) is 0 Å². The number of esters is 1. The summed E-state index contributed by atoms with van der Waals surface area (Å²) in [5.74, 6) is 0.329. The normalized spacial score (nSPS) is 12.2. The van der Waals surface area contributed by atoms with E-state index in [1.165, 1.54) is 12.0 Å². The van der Waals surface area contributed by atoms with Gasteiger partial charge in [-0.2, -0.15) is 0 Å². The van der Waals surface area contributed by atoms with Gasteiger partial charge in [-0.1, -0.05) is 29.8 Å². The van der Waals surface area contributed by atoms with Crippen LogP contribution in [0.15, 0.2) is 22.8 Å². The minimum Gasteiger partial charge on any atom is -0.467 e. The maximum absolute atomic E-state index is 12.1. The van der Waals surface area contributed by atoms with Crippen molar-refractivity contribution in [1.29, 1.82) is 0 Å². The molecule has 0 spiro atoms. The van der Waals surface area contributed by atoms with Gasteiger partial charge in [0.05, 0.1) is 25.2 Å². The Bertz CT molecular complexity index is 430. The average Bonchev–Trinajstić information content (AvgIpc) is 2.93. The molecule has 0 saturated heterocycles. The van der Waals surface area contributed by atoms with Crippen molar-refractivity contribution in [2.75, 3.05) is 12.4 Å². The quantitative estimate of drug-likeness (QED) is 0.562. The molecule has 0 aromatic carbocycles. The number of halogens is 1. The summed E-state index contributed by atoms with van der Waals surface area (Å²) in [7, 11) is 1.33. The predicted molar refractivity (Wildman–Crippen MR) is 78.3 cm³/mol. The van der Waals surface area contributed by atoms with Gasteiger partial charge in [0.15, 0.2) is 0 Å². The molecule has 1 atom stereocenters. The standard InChI is InChI=1S/C14H20BrNO4/c1-10(2)7-12(14(18)19-3)16(13(17)8-15)9-11-5-4-6-20-11/h4-6,10,12H,7-9H2,1-3H3/t12-/m1/s1. The third-order valence-corrected chi connectivity index (χ3v) is 3.36. The Morgan fingerprint density at radius 3 is 2.60 bits per heavy atom. The molecule has 6 heteroatoms. The lowest BCUT2D eigenvalue weighted by Gasteiger charge is -2.30. The first-order chi connectivity index (χ1) is 9.49. The predicted octanol–water partition coefficient (Wildman–Crippen LogP) is 2.59. The van der Waals surface area contributed by atoms with E-state index in [1.54, 1.807) is 18.4 Å². The number of hydrogen-bond acceptors (Lipinski definition) is 4. The summed E-state index contributed by atoms with van der Waals surface area (Å²) < 4.78 is 10.1. The van der Waals surface area contributed by atoms with Crippen LogP contribution >= 0.6 is 15.9 Å². The van der Waals surface area contributed by atoms with Crippen molar-refractivity contribution in [1.82, 2.24) is 4.90 Å². The highest BCUT2D eigenvalue weighted by molar-refractivity contribution is 9.09. The first-order valence-electron chi connectivity index (χ1n) is 6.45. The van der Waals surface area contributed by atoms with Crippen LogP contribution < -0.4 is 0 Å². The molecule has 112 valence electrons. The molecule has 0 aliphatic carbocycles. The van der Waals surface area contributed by atoms with Crippen LogP contribution in [-0.4, -0.2) is 35.3 Å². The first kappa shape index (κ1) is 16.8. The number of alkyl halides is 1. The molecule has 1 aromatic rings. The lowest BCUT2D eigenvalue weighted by molar-refractivity contribution is -0.153. The van der Waals surface area contributed by atoms with Gasteiger partial charge in [0.2, 0.25) is 5.91 Å². The summed E-state index contributed by atoms with van der Waals surface area (Å²) >= 11 is 3.15. The number of amides is 1. The zero-order valence-corrected chi connectivity index (χ0v) is 13.6. The van der Waals surface area contributed by atoms with Crippen molar-refractivity contribution in [2.45, 2.75) is 32.9 Å². The van der Waals surface area contributed by atoms with Crippen LogP contribution in [0.4, 0.5) is 0 Å². The van der Waals surface area contributed by atoms with Crippen LogP contribution in [0.25, 0.3) is 0 Å². The topological polar surface area (TPSA) is 59.8 Å². The van der Waals surface area contributed by atoms with Gasteiger partial charge in [-0.3, -0.25) is 4.79 Å². The molecular weight excluding hydrogens is 326 g/mol. The molecule has 1 heterocycles. The van der Waals surface area contributed by atoms with E-state index in [1.807, 2.05) is 13.8 Å². The van der Waals surface area contributed by atoms with E-state index in [0.717, 1.165) is 0 Å². The van der Waals surface area contributed by atoms with Gasteiger partial charge < -0.3 is 14.1 Å². The van der Waals surface area contributed by atoms with Gasteiger partial charge >= 0.3 is 5.97 Å². The SMILES string of the molecule is COC(=O)[C@@H](CC(C)C)N(Cc1ccco1)C(=O)CBr. The second-order valence-corrected chi connectivity index (χ2v) is 5.46. The zero-order valence-electron chi connectivity index (χ0n) is 12.0. The molecule has 0 unspecified atom stereocenters. The van der Waals surface area contributed by atoms with Crippen molar-refractivity contribution >= 4 is 27.8 Å². The molecular formula is C14H20BrNO4. The average molecular weight is 346 g/mol. The Morgan fingerprint density at radius 2 is 2.15 bits per heavy atom. The monoisotopic (exact) mass is 345 g/mol. The fraction of sp³-hybridized carbons (Fsp3) is 0.571. The van der Waals surface area contributed by atoms with Crippen LogP contribution in [0.1, 0.15) is 26.0 Å². The Morgan fingerprint density at radius 1 is 1.45 bits per heavy atom. The third kappa shape index (κ3) is 4.67. The number of methoxy groups -OCH3 is 1. The highest BCUT2D eigenvalue weighted by atomic mass is 79.9. The summed E-state index contributed by atoms with van der Waals surface area (Å²) in [5, 5.41) is 0.152. The summed E-state index contributed by atoms with van der Waals surface area (Å²) in [6, 6.07) is 2.93. The Balaban J connectivity index is 2.97. The number of carbonyl (C=O) groups excluding carboxylic acids is 2. The number of nitrogens with zero attached hydrogens (tertiary/aromatic N) is 1. The maximum atomic E-state index is 12.1. The number of ether oxygens (including phenoxy) is 1. The third-order valence-electron chi connectivity index (χ3n) is 2.89. The number of hydrogen-bond donors (Lipinski definition) is 0. The number of rotatable bonds is 7. The van der Waals surface area contributed by atoms with Gasteiger partial charge in [0.1, 0.15) is 11.8 Å². The number of carbonyl (C=O) groups is 2. The highest BCUT2D eigenvalue weighted by Gasteiger charge is 2.31. The van der Waals surface area contributed by atoms with E-state index in [9.17, 15) is 9.59 Å². The van der Waals surface area contributed by atoms with Crippen molar-refractivity contribution in [3.8, 4) is 0 Å². The van der Waals surface area contributed by atoms with Crippen LogP contribution in [-0.2, 0) is 20.9 Å². The molecule has 0 aliphatic rings. The van der Waals surface area contributed by atoms with E-state index >= 15 is 0 Å².